The molecule has 2 aromatic rings. The molecular formula is C13H13O2Si. The Hall–Kier alpha value is -1.32. The summed E-state index contributed by atoms with van der Waals surface area (Å²) in [6.07, 6.45) is 0.0552. The first kappa shape index (κ1) is 11.2. The highest BCUT2D eigenvalue weighted by molar-refractivity contribution is 6.08. The minimum Gasteiger partial charge on any atom is -0.498 e. The Morgan fingerprint density at radius 3 is 2.56 bits per heavy atom. The van der Waals surface area contributed by atoms with Crippen molar-refractivity contribution in [2.24, 2.45) is 0 Å². The Morgan fingerprint density at radius 2 is 1.88 bits per heavy atom. The third kappa shape index (κ3) is 2.26. The maximum atomic E-state index is 9.49. The number of hydrogen-bond acceptors (Lipinski definition) is 2. The zero-order chi connectivity index (χ0) is 11.5. The molecule has 16 heavy (non-hydrogen) atoms. The molecule has 0 amide bonds. The van der Waals surface area contributed by atoms with E-state index in [1.54, 1.807) is 6.92 Å². The fourth-order valence-corrected chi connectivity index (χ4v) is 1.84. The van der Waals surface area contributed by atoms with E-state index in [1.165, 1.54) is 0 Å². The van der Waals surface area contributed by atoms with Crippen molar-refractivity contribution < 1.29 is 9.84 Å². The standard InChI is InChI=1S/C13H13O2Si/c1-9(14)10-2-3-12-7-13(15-8-16)5-4-11(12)6-10/h2-7,9,14H,8H2,1H3. The van der Waals surface area contributed by atoms with Gasteiger partial charge in [-0.15, -0.1) is 0 Å². The van der Waals surface area contributed by atoms with E-state index in [0.717, 1.165) is 22.1 Å². The SMILES string of the molecule is CC(O)c1ccc2cc(OC[Si])ccc2c1. The molecule has 1 atom stereocenters. The van der Waals surface area contributed by atoms with Crippen molar-refractivity contribution in [3.8, 4) is 5.75 Å². The largest absolute Gasteiger partial charge is 0.498 e. The quantitative estimate of drug-likeness (QED) is 0.819. The average molecular weight is 229 g/mol. The summed E-state index contributed by atoms with van der Waals surface area (Å²) < 4.78 is 5.36. The van der Waals surface area contributed by atoms with Crippen molar-refractivity contribution in [1.82, 2.24) is 0 Å². The Labute approximate surface area is 98.3 Å². The fraction of sp³-hybridized carbons (Fsp3) is 0.231. The van der Waals surface area contributed by atoms with Crippen LogP contribution in [0.25, 0.3) is 10.8 Å². The van der Waals surface area contributed by atoms with Crippen LogP contribution in [-0.4, -0.2) is 21.6 Å². The topological polar surface area (TPSA) is 29.5 Å². The van der Waals surface area contributed by atoms with Gasteiger partial charge in [0.2, 0.25) is 0 Å². The van der Waals surface area contributed by atoms with Gasteiger partial charge in [0, 0.05) is 0 Å². The molecule has 3 radical (unpaired) electrons. The molecule has 2 aromatic carbocycles. The number of aliphatic hydroxyl groups excluding tert-OH is 1. The highest BCUT2D eigenvalue weighted by Gasteiger charge is 2.02. The summed E-state index contributed by atoms with van der Waals surface area (Å²) in [5.41, 5.74) is 0.932. The van der Waals surface area contributed by atoms with Gasteiger partial charge in [-0.3, -0.25) is 0 Å². The summed E-state index contributed by atoms with van der Waals surface area (Å²) in [7, 11) is 3.27. The molecule has 0 bridgehead atoms. The van der Waals surface area contributed by atoms with Crippen molar-refractivity contribution in [3.05, 3.63) is 42.0 Å². The van der Waals surface area contributed by atoms with E-state index in [2.05, 4.69) is 10.2 Å². The highest BCUT2D eigenvalue weighted by Crippen LogP contribution is 2.24. The molecule has 0 aliphatic heterocycles. The van der Waals surface area contributed by atoms with Gasteiger partial charge in [0.15, 0.2) is 0 Å². The van der Waals surface area contributed by atoms with Crippen molar-refractivity contribution >= 4 is 21.0 Å². The predicted molar refractivity (Wildman–Crippen MR) is 65.8 cm³/mol. The highest BCUT2D eigenvalue weighted by atomic mass is 28.1. The van der Waals surface area contributed by atoms with Crippen LogP contribution in [0.15, 0.2) is 36.4 Å². The van der Waals surface area contributed by atoms with Crippen molar-refractivity contribution in [2.75, 3.05) is 6.23 Å². The number of benzene rings is 2. The lowest BCUT2D eigenvalue weighted by atomic mass is 10.0. The second-order valence-electron chi connectivity index (χ2n) is 3.73. The Bertz CT molecular complexity index is 494. The molecule has 0 fully saturated rings. The van der Waals surface area contributed by atoms with Gasteiger partial charge in [-0.2, -0.15) is 0 Å². The summed E-state index contributed by atoms with van der Waals surface area (Å²) in [4.78, 5) is 0. The maximum absolute atomic E-state index is 9.49. The van der Waals surface area contributed by atoms with E-state index in [0.29, 0.717) is 6.23 Å². The molecule has 0 heterocycles. The number of aliphatic hydroxyl groups is 1. The number of ether oxygens (including phenoxy) is 1. The van der Waals surface area contributed by atoms with Crippen LogP contribution in [0, 0.1) is 0 Å². The molecule has 0 saturated carbocycles. The predicted octanol–water partition coefficient (Wildman–Crippen LogP) is 2.40. The van der Waals surface area contributed by atoms with Crippen molar-refractivity contribution in [2.45, 2.75) is 13.0 Å². The van der Waals surface area contributed by atoms with E-state index in [9.17, 15) is 5.11 Å². The first-order valence-corrected chi connectivity index (χ1v) is 5.90. The van der Waals surface area contributed by atoms with E-state index in [4.69, 9.17) is 4.74 Å². The average Bonchev–Trinajstić information content (AvgIpc) is 2.28. The minimum atomic E-state index is -0.428. The van der Waals surface area contributed by atoms with Gasteiger partial charge in [-0.1, -0.05) is 18.2 Å². The normalized spacial score (nSPS) is 12.7. The molecule has 1 N–H and O–H groups in total. The van der Waals surface area contributed by atoms with Gasteiger partial charge < -0.3 is 9.84 Å². The molecular weight excluding hydrogens is 216 g/mol. The molecule has 1 unspecified atom stereocenters. The minimum absolute atomic E-state index is 0.428. The van der Waals surface area contributed by atoms with Crippen LogP contribution in [0.5, 0.6) is 5.75 Å². The Morgan fingerprint density at radius 1 is 1.19 bits per heavy atom. The number of fused-ring (bicyclic) bond motifs is 1. The number of hydrogen-bond donors (Lipinski definition) is 1. The van der Waals surface area contributed by atoms with Crippen molar-refractivity contribution in [3.63, 3.8) is 0 Å². The van der Waals surface area contributed by atoms with Crippen LogP contribution in [0.2, 0.25) is 0 Å². The van der Waals surface area contributed by atoms with Crippen LogP contribution in [-0.2, 0) is 0 Å². The van der Waals surface area contributed by atoms with E-state index in [-0.39, 0.29) is 0 Å². The van der Waals surface area contributed by atoms with Gasteiger partial charge in [-0.25, -0.2) is 0 Å². The molecule has 0 aliphatic rings. The molecule has 0 aromatic heterocycles. The third-order valence-corrected chi connectivity index (χ3v) is 2.70. The fourth-order valence-electron chi connectivity index (χ4n) is 1.68. The van der Waals surface area contributed by atoms with Gasteiger partial charge in [0.1, 0.15) is 5.75 Å². The lowest BCUT2D eigenvalue weighted by Gasteiger charge is -2.08. The Balaban J connectivity index is 2.44. The monoisotopic (exact) mass is 229 g/mol. The smallest absolute Gasteiger partial charge is 0.119 e. The van der Waals surface area contributed by atoms with Gasteiger partial charge in [-0.05, 0) is 41.5 Å². The van der Waals surface area contributed by atoms with Gasteiger partial charge in [0.25, 0.3) is 0 Å². The lowest BCUT2D eigenvalue weighted by molar-refractivity contribution is 0.199. The summed E-state index contributed by atoms with van der Waals surface area (Å²) in [6.45, 7) is 1.77. The van der Waals surface area contributed by atoms with Crippen LogP contribution in [0.4, 0.5) is 0 Å². The van der Waals surface area contributed by atoms with Gasteiger partial charge >= 0.3 is 0 Å². The molecule has 0 spiro atoms. The number of rotatable bonds is 3. The first-order chi connectivity index (χ1) is 7.70. The van der Waals surface area contributed by atoms with E-state index in [1.807, 2.05) is 36.4 Å². The van der Waals surface area contributed by atoms with Crippen LogP contribution in [0.1, 0.15) is 18.6 Å². The maximum Gasteiger partial charge on any atom is 0.119 e. The summed E-state index contributed by atoms with van der Waals surface area (Å²) in [5, 5.41) is 11.7. The zero-order valence-corrected chi connectivity index (χ0v) is 10.1. The lowest BCUT2D eigenvalue weighted by Crippen LogP contribution is -1.95. The van der Waals surface area contributed by atoms with Crippen LogP contribution in [0.3, 0.4) is 0 Å². The summed E-state index contributed by atoms with van der Waals surface area (Å²) >= 11 is 0. The molecule has 81 valence electrons. The van der Waals surface area contributed by atoms with Crippen molar-refractivity contribution in [1.29, 1.82) is 0 Å². The second-order valence-corrected chi connectivity index (χ2v) is 4.02. The van der Waals surface area contributed by atoms with Crippen LogP contribution < -0.4 is 4.74 Å². The zero-order valence-electron chi connectivity index (χ0n) is 9.10. The third-order valence-electron chi connectivity index (χ3n) is 2.56. The second kappa shape index (κ2) is 4.68. The van der Waals surface area contributed by atoms with E-state index >= 15 is 0 Å². The van der Waals surface area contributed by atoms with E-state index < -0.39 is 6.10 Å². The Kier molecular flexibility index (Phi) is 3.27. The molecule has 3 heteroatoms. The molecule has 2 rings (SSSR count). The van der Waals surface area contributed by atoms with Crippen LogP contribution >= 0.6 is 0 Å². The molecule has 0 aliphatic carbocycles. The first-order valence-electron chi connectivity index (χ1n) is 5.20. The molecule has 2 nitrogen and oxygen atoms in total. The summed E-state index contributed by atoms with van der Waals surface area (Å²) in [5.74, 6) is 0.840. The van der Waals surface area contributed by atoms with Gasteiger partial charge in [0.05, 0.1) is 22.6 Å². The summed E-state index contributed by atoms with van der Waals surface area (Å²) in [6, 6.07) is 11.8. The molecule has 0 saturated heterocycles.